The number of rotatable bonds is 7. The van der Waals surface area contributed by atoms with Crippen molar-refractivity contribution in [2.24, 2.45) is 12.8 Å². The van der Waals surface area contributed by atoms with Crippen LogP contribution < -0.4 is 11.1 Å². The van der Waals surface area contributed by atoms with E-state index in [9.17, 15) is 4.79 Å². The first-order valence-corrected chi connectivity index (χ1v) is 5.67. The Bertz CT molecular complexity index is 322. The van der Waals surface area contributed by atoms with Crippen LogP contribution >= 0.6 is 0 Å². The van der Waals surface area contributed by atoms with Crippen LogP contribution in [0.5, 0.6) is 0 Å². The van der Waals surface area contributed by atoms with Crippen LogP contribution in [0.25, 0.3) is 0 Å². The molecular formula is C11H20N4O. The van der Waals surface area contributed by atoms with Gasteiger partial charge in [0, 0.05) is 19.7 Å². The van der Waals surface area contributed by atoms with E-state index in [-0.39, 0.29) is 5.91 Å². The van der Waals surface area contributed by atoms with Crippen LogP contribution in [-0.4, -0.2) is 22.2 Å². The molecule has 0 radical (unpaired) electrons. The van der Waals surface area contributed by atoms with E-state index in [0.717, 1.165) is 25.0 Å². The van der Waals surface area contributed by atoms with E-state index in [1.165, 1.54) is 0 Å². The Kier molecular flexibility index (Phi) is 5.56. The number of unbranched alkanes of at least 4 members (excludes halogenated alkanes) is 2. The monoisotopic (exact) mass is 224 g/mol. The van der Waals surface area contributed by atoms with Crippen LogP contribution in [0.15, 0.2) is 12.3 Å². The van der Waals surface area contributed by atoms with Crippen molar-refractivity contribution in [1.82, 2.24) is 15.1 Å². The molecule has 0 saturated carbocycles. The van der Waals surface area contributed by atoms with Gasteiger partial charge in [-0.25, -0.2) is 0 Å². The predicted octanol–water partition coefficient (Wildman–Crippen LogP) is 0.555. The van der Waals surface area contributed by atoms with E-state index in [1.807, 2.05) is 19.3 Å². The van der Waals surface area contributed by atoms with E-state index in [4.69, 9.17) is 5.73 Å². The summed E-state index contributed by atoms with van der Waals surface area (Å²) in [5, 5.41) is 7.02. The highest BCUT2D eigenvalue weighted by atomic mass is 16.1. The molecule has 0 fully saturated rings. The van der Waals surface area contributed by atoms with Crippen molar-refractivity contribution >= 4 is 5.91 Å². The molecule has 90 valence electrons. The molecule has 3 N–H and O–H groups in total. The Balaban J connectivity index is 2.10. The fraction of sp³-hybridized carbons (Fsp3) is 0.636. The number of aromatic nitrogens is 2. The number of hydrogen-bond donors (Lipinski definition) is 2. The molecule has 0 atom stereocenters. The van der Waals surface area contributed by atoms with Gasteiger partial charge in [-0.1, -0.05) is 6.42 Å². The SMILES string of the molecule is Cn1ccc(CNC(=O)CCCCCN)n1. The van der Waals surface area contributed by atoms with Crippen molar-refractivity contribution in [2.75, 3.05) is 6.54 Å². The highest BCUT2D eigenvalue weighted by Gasteiger charge is 2.02. The van der Waals surface area contributed by atoms with Gasteiger partial charge in [0.2, 0.25) is 5.91 Å². The zero-order valence-electron chi connectivity index (χ0n) is 9.78. The summed E-state index contributed by atoms with van der Waals surface area (Å²) in [5.74, 6) is 0.0858. The van der Waals surface area contributed by atoms with Crippen molar-refractivity contribution in [3.63, 3.8) is 0 Å². The van der Waals surface area contributed by atoms with Crippen molar-refractivity contribution in [3.8, 4) is 0 Å². The number of aryl methyl sites for hydroxylation is 1. The summed E-state index contributed by atoms with van der Waals surface area (Å²) in [6, 6.07) is 1.90. The molecule has 1 aromatic rings. The van der Waals surface area contributed by atoms with Crippen LogP contribution in [0.3, 0.4) is 0 Å². The Morgan fingerprint density at radius 3 is 2.94 bits per heavy atom. The summed E-state index contributed by atoms with van der Waals surface area (Å²) in [5.41, 5.74) is 6.26. The zero-order chi connectivity index (χ0) is 11.8. The van der Waals surface area contributed by atoms with Crippen LogP contribution in [0, 0.1) is 0 Å². The number of carbonyl (C=O) groups excluding carboxylic acids is 1. The summed E-state index contributed by atoms with van der Waals surface area (Å²) in [6.07, 6.45) is 5.36. The largest absolute Gasteiger partial charge is 0.350 e. The standard InChI is InChI=1S/C11H20N4O/c1-15-8-6-10(14-15)9-13-11(16)5-3-2-4-7-12/h6,8H,2-5,7,9,12H2,1H3,(H,13,16). The second kappa shape index (κ2) is 7.00. The van der Waals surface area contributed by atoms with Gasteiger partial charge in [-0.15, -0.1) is 0 Å². The lowest BCUT2D eigenvalue weighted by Crippen LogP contribution is -2.22. The fourth-order valence-electron chi connectivity index (χ4n) is 1.44. The second-order valence-electron chi connectivity index (χ2n) is 3.86. The van der Waals surface area contributed by atoms with Crippen LogP contribution in [0.1, 0.15) is 31.4 Å². The Hall–Kier alpha value is -1.36. The Morgan fingerprint density at radius 2 is 2.31 bits per heavy atom. The molecule has 16 heavy (non-hydrogen) atoms. The second-order valence-corrected chi connectivity index (χ2v) is 3.86. The van der Waals surface area contributed by atoms with Crippen molar-refractivity contribution < 1.29 is 4.79 Å². The smallest absolute Gasteiger partial charge is 0.220 e. The van der Waals surface area contributed by atoms with Gasteiger partial charge in [0.25, 0.3) is 0 Å². The molecular weight excluding hydrogens is 204 g/mol. The molecule has 1 rings (SSSR count). The summed E-state index contributed by atoms with van der Waals surface area (Å²) >= 11 is 0. The lowest BCUT2D eigenvalue weighted by atomic mass is 10.2. The number of hydrogen-bond acceptors (Lipinski definition) is 3. The molecule has 0 aliphatic heterocycles. The van der Waals surface area contributed by atoms with Crippen molar-refractivity contribution in [2.45, 2.75) is 32.2 Å². The van der Waals surface area contributed by atoms with Crippen molar-refractivity contribution in [3.05, 3.63) is 18.0 Å². The minimum Gasteiger partial charge on any atom is -0.350 e. The number of nitrogens with two attached hydrogens (primary N) is 1. The third kappa shape index (κ3) is 4.93. The van der Waals surface area contributed by atoms with Crippen molar-refractivity contribution in [1.29, 1.82) is 0 Å². The Labute approximate surface area is 96.0 Å². The average molecular weight is 224 g/mol. The van der Waals surface area contributed by atoms with Gasteiger partial charge in [-0.05, 0) is 25.5 Å². The van der Waals surface area contributed by atoms with E-state index < -0.39 is 0 Å². The quantitative estimate of drug-likeness (QED) is 0.664. The zero-order valence-corrected chi connectivity index (χ0v) is 9.78. The summed E-state index contributed by atoms with van der Waals surface area (Å²) in [4.78, 5) is 11.4. The van der Waals surface area contributed by atoms with Gasteiger partial charge in [-0.2, -0.15) is 5.10 Å². The van der Waals surface area contributed by atoms with Crippen LogP contribution in [-0.2, 0) is 18.4 Å². The highest BCUT2D eigenvalue weighted by Crippen LogP contribution is 1.99. The lowest BCUT2D eigenvalue weighted by molar-refractivity contribution is -0.121. The molecule has 1 amide bonds. The van der Waals surface area contributed by atoms with Gasteiger partial charge in [0.15, 0.2) is 0 Å². The number of amides is 1. The maximum Gasteiger partial charge on any atom is 0.220 e. The number of nitrogens with zero attached hydrogens (tertiary/aromatic N) is 2. The number of carbonyl (C=O) groups is 1. The maximum absolute atomic E-state index is 11.4. The highest BCUT2D eigenvalue weighted by molar-refractivity contribution is 5.75. The predicted molar refractivity (Wildman–Crippen MR) is 62.6 cm³/mol. The average Bonchev–Trinajstić information content (AvgIpc) is 2.68. The van der Waals surface area contributed by atoms with Gasteiger partial charge >= 0.3 is 0 Å². The first-order chi connectivity index (χ1) is 7.72. The molecule has 0 saturated heterocycles. The van der Waals surface area contributed by atoms with E-state index >= 15 is 0 Å². The van der Waals surface area contributed by atoms with E-state index in [1.54, 1.807) is 4.68 Å². The minimum absolute atomic E-state index is 0.0858. The molecule has 5 nitrogen and oxygen atoms in total. The topological polar surface area (TPSA) is 72.9 Å². The van der Waals surface area contributed by atoms with Gasteiger partial charge in [0.1, 0.15) is 0 Å². The Morgan fingerprint density at radius 1 is 1.50 bits per heavy atom. The molecule has 5 heteroatoms. The number of nitrogens with one attached hydrogen (secondary N) is 1. The van der Waals surface area contributed by atoms with E-state index in [0.29, 0.717) is 19.5 Å². The van der Waals surface area contributed by atoms with Gasteiger partial charge < -0.3 is 11.1 Å². The fourth-order valence-corrected chi connectivity index (χ4v) is 1.44. The summed E-state index contributed by atoms with van der Waals surface area (Å²) in [6.45, 7) is 1.21. The van der Waals surface area contributed by atoms with Gasteiger partial charge in [-0.3, -0.25) is 9.48 Å². The molecule has 0 unspecified atom stereocenters. The molecule has 0 aliphatic rings. The third-order valence-corrected chi connectivity index (χ3v) is 2.34. The van der Waals surface area contributed by atoms with E-state index in [2.05, 4.69) is 10.4 Å². The maximum atomic E-state index is 11.4. The molecule has 1 heterocycles. The third-order valence-electron chi connectivity index (χ3n) is 2.34. The molecule has 0 spiro atoms. The van der Waals surface area contributed by atoms with Gasteiger partial charge in [0.05, 0.1) is 12.2 Å². The molecule has 0 aromatic carbocycles. The first-order valence-electron chi connectivity index (χ1n) is 5.67. The summed E-state index contributed by atoms with van der Waals surface area (Å²) < 4.78 is 1.72. The van der Waals surface area contributed by atoms with Crippen LogP contribution in [0.4, 0.5) is 0 Å². The summed E-state index contributed by atoms with van der Waals surface area (Å²) in [7, 11) is 1.86. The molecule has 1 aromatic heterocycles. The minimum atomic E-state index is 0.0858. The molecule has 0 aliphatic carbocycles. The first kappa shape index (κ1) is 12.7. The van der Waals surface area contributed by atoms with Crippen LogP contribution in [0.2, 0.25) is 0 Å². The lowest BCUT2D eigenvalue weighted by Gasteiger charge is -2.02. The normalized spacial score (nSPS) is 10.4. The molecule has 0 bridgehead atoms.